The van der Waals surface area contributed by atoms with Crippen LogP contribution in [-0.4, -0.2) is 497 Å². The molecule has 0 aromatic carbocycles. The van der Waals surface area contributed by atoms with E-state index in [4.69, 9.17) is 80.5 Å². The lowest BCUT2D eigenvalue weighted by atomic mass is 9.88. The summed E-state index contributed by atoms with van der Waals surface area (Å²) in [6, 6.07) is -7.88. The summed E-state index contributed by atoms with van der Waals surface area (Å²) in [4.78, 5) is 65.1. The second-order valence-corrected chi connectivity index (χ2v) is 29.6. The van der Waals surface area contributed by atoms with Gasteiger partial charge in [-0.3, -0.25) is 19.2 Å². The molecular formula is C65H108N4O48. The number of rotatable bonds is 31. The van der Waals surface area contributed by atoms with Crippen LogP contribution in [0.1, 0.15) is 41.0 Å². The molecule has 52 nitrogen and oxygen atoms in total. The molecule has 9 aliphatic heterocycles. The minimum Gasteiger partial charge on any atom is -0.477 e. The third kappa shape index (κ3) is 21.4. The maximum Gasteiger partial charge on any atom is 0.364 e. The van der Waals surface area contributed by atoms with Crippen LogP contribution in [0.3, 0.4) is 0 Å². The van der Waals surface area contributed by atoms with Crippen molar-refractivity contribution >= 4 is 29.6 Å². The highest BCUT2D eigenvalue weighted by Gasteiger charge is 2.63. The molecule has 4 amide bonds. The molecule has 117 heavy (non-hydrogen) atoms. The molecule has 9 rings (SSSR count). The second kappa shape index (κ2) is 41.4. The van der Waals surface area contributed by atoms with Gasteiger partial charge in [0.05, 0.1) is 70.6 Å². The highest BCUT2D eigenvalue weighted by atomic mass is 16.8. The van der Waals surface area contributed by atoms with E-state index in [1.54, 1.807) is 0 Å². The third-order valence-electron chi connectivity index (χ3n) is 21.4. The first-order valence-electron chi connectivity index (χ1n) is 37.1. The average Bonchev–Trinajstić information content (AvgIpc) is 0.757. The molecule has 0 bridgehead atoms. The first kappa shape index (κ1) is 96.5. The Labute approximate surface area is 662 Å². The van der Waals surface area contributed by atoms with Gasteiger partial charge in [0, 0.05) is 27.2 Å². The molecule has 0 aliphatic carbocycles. The van der Waals surface area contributed by atoms with Gasteiger partial charge >= 0.3 is 5.97 Å². The number of aliphatic hydroxyl groups excluding tert-OH is 25. The Kier molecular flexibility index (Phi) is 34.2. The van der Waals surface area contributed by atoms with Crippen LogP contribution >= 0.6 is 0 Å². The lowest BCUT2D eigenvalue weighted by molar-refractivity contribution is -0.418. The standard InChI is InChI=1S/C65H108N4O48/c1-15-33(82)43(92)46(95)59(103-15)115-54-52(113-58-32(68-19(5)78)50(38(87)24(10-73)107-58)111-61-48(97)45(94)37(86)23(9-72)108-61)39(88)25(11-74)109-62(54)114-53-41(90)26(13-101-57-30(66-17(3)76)42(91)36(85)22(8-71)106-57)110-63(55(53)116-60-47(96)44(93)34(83)16(2)104-60)112-49-31(67-18(4)77)56(98)105-27(40(49)89)14-102-65(64(99)100)6-20(79)29(69-28(81)12-75)51(117-65)35(84)21(80)7-70/h15-16,20-27,29-63,70-75,79-80,82-98H,6-14H2,1-5H3,(H,66,76)(H,67,77)(H,68,78)(H,69,81)(H,99,100)/t15-,16-,20-,21+,22+,23+,24+,25+,26+,27+,29+,30+,31+,32+,33+,34+,35+,36+,37-,38-,39-,40-,41-,42-,43+,44+,45-,46-,47-,48+,49+,50+,51+,52-,53-,54+,55+,56-,57+,58+,59-,60-,61+,62-,63-,65+/m0/s1. The molecular weight excluding hydrogens is 1600 g/mol. The number of carboxylic acid groups (broad SMARTS) is 1. The minimum absolute atomic E-state index is 0.864. The van der Waals surface area contributed by atoms with Crippen LogP contribution in [-0.2, 0) is 104 Å². The number of ether oxygens (including phenoxy) is 17. The molecule has 9 saturated heterocycles. The van der Waals surface area contributed by atoms with Gasteiger partial charge in [-0.1, -0.05) is 0 Å². The maximum atomic E-state index is 13.4. The van der Waals surface area contributed by atoms with E-state index in [1.807, 2.05) is 0 Å². The van der Waals surface area contributed by atoms with Crippen LogP contribution in [0.5, 0.6) is 0 Å². The molecule has 0 spiro atoms. The van der Waals surface area contributed by atoms with E-state index in [0.29, 0.717) is 0 Å². The van der Waals surface area contributed by atoms with Crippen LogP contribution in [0, 0.1) is 0 Å². The van der Waals surface area contributed by atoms with Crippen LogP contribution in [0.25, 0.3) is 0 Å². The topological polar surface area (TPSA) is 816 Å². The van der Waals surface area contributed by atoms with Crippen LogP contribution in [0.2, 0.25) is 0 Å². The Morgan fingerprint density at radius 2 is 0.761 bits per heavy atom. The van der Waals surface area contributed by atoms with Gasteiger partial charge in [-0.2, -0.15) is 0 Å². The van der Waals surface area contributed by atoms with E-state index in [1.165, 1.54) is 6.92 Å². The van der Waals surface area contributed by atoms with Crippen molar-refractivity contribution in [3.8, 4) is 0 Å². The van der Waals surface area contributed by atoms with Gasteiger partial charge in [0.25, 0.3) is 5.79 Å². The van der Waals surface area contributed by atoms with Gasteiger partial charge in [-0.25, -0.2) is 4.79 Å². The maximum absolute atomic E-state index is 13.4. The molecule has 676 valence electrons. The summed E-state index contributed by atoms with van der Waals surface area (Å²) in [6.45, 7) is -4.65. The van der Waals surface area contributed by atoms with Crippen molar-refractivity contribution in [3.63, 3.8) is 0 Å². The number of hydrogen-bond acceptors (Lipinski definition) is 47. The van der Waals surface area contributed by atoms with Gasteiger partial charge in [0.1, 0.15) is 208 Å². The fraction of sp³-hybridized carbons (Fsp3) is 0.923. The van der Waals surface area contributed by atoms with Crippen LogP contribution < -0.4 is 21.3 Å². The fourth-order valence-corrected chi connectivity index (χ4v) is 14.9. The number of aliphatic hydroxyl groups is 25. The van der Waals surface area contributed by atoms with Crippen molar-refractivity contribution in [3.05, 3.63) is 0 Å². The molecule has 9 aliphatic rings. The lowest BCUT2D eigenvalue weighted by Crippen LogP contribution is -2.71. The summed E-state index contributed by atoms with van der Waals surface area (Å²) in [7, 11) is 0. The van der Waals surface area contributed by atoms with E-state index >= 15 is 0 Å². The van der Waals surface area contributed by atoms with Gasteiger partial charge in [-0.05, 0) is 13.8 Å². The number of carbonyl (C=O) groups excluding carboxylic acids is 4. The van der Waals surface area contributed by atoms with E-state index in [2.05, 4.69) is 21.3 Å². The molecule has 0 saturated carbocycles. The highest BCUT2D eigenvalue weighted by molar-refractivity contribution is 5.78. The van der Waals surface area contributed by atoms with E-state index < -0.39 is 371 Å². The van der Waals surface area contributed by atoms with E-state index in [-0.39, 0.29) is 0 Å². The summed E-state index contributed by atoms with van der Waals surface area (Å²) in [6.07, 6.45) is -92.1. The second-order valence-electron chi connectivity index (χ2n) is 29.6. The third-order valence-corrected chi connectivity index (χ3v) is 21.4. The predicted octanol–water partition coefficient (Wildman–Crippen LogP) is -19.8. The normalized spacial score (nSPS) is 47.9. The zero-order valence-electron chi connectivity index (χ0n) is 63.0. The monoisotopic (exact) mass is 1710 g/mol. The molecule has 0 unspecified atom stereocenters. The smallest absolute Gasteiger partial charge is 0.364 e. The molecule has 0 aromatic rings. The lowest BCUT2D eigenvalue weighted by Gasteiger charge is -2.53. The largest absolute Gasteiger partial charge is 0.477 e. The highest BCUT2D eigenvalue weighted by Crippen LogP contribution is 2.42. The van der Waals surface area contributed by atoms with Crippen molar-refractivity contribution in [2.24, 2.45) is 0 Å². The molecule has 52 heteroatoms. The number of carbonyl (C=O) groups is 5. The summed E-state index contributed by atoms with van der Waals surface area (Å²) in [5.74, 6) is -9.63. The van der Waals surface area contributed by atoms with Gasteiger partial charge in [0.2, 0.25) is 23.6 Å². The zero-order valence-corrected chi connectivity index (χ0v) is 63.0. The first-order chi connectivity index (χ1) is 55.1. The predicted molar refractivity (Wildman–Crippen MR) is 359 cm³/mol. The van der Waals surface area contributed by atoms with Crippen molar-refractivity contribution in [1.29, 1.82) is 0 Å². The van der Waals surface area contributed by atoms with Gasteiger partial charge in [-0.15, -0.1) is 0 Å². The quantitative estimate of drug-likeness (QED) is 0.0306. The number of hydrogen-bond donors (Lipinski definition) is 30. The Morgan fingerprint density at radius 1 is 0.385 bits per heavy atom. The van der Waals surface area contributed by atoms with E-state index in [0.717, 1.165) is 27.7 Å². The van der Waals surface area contributed by atoms with Crippen molar-refractivity contribution < 1.29 is 237 Å². The van der Waals surface area contributed by atoms with Crippen molar-refractivity contribution in [1.82, 2.24) is 21.3 Å². The SMILES string of the molecule is CC(=O)N[C@@H]1[C@@H](O[C@@H]2O[C@H](CO[C@@H]3O[C@H](CO)[C@@H](O)[C@@H](O)[C@H]3NC(C)=O)[C@H](O)[C@H](O[C@@H]3O[C@H](CO)[C@H](O)[C@H](O[C@H]4O[C@H](CO)[C@H](O)[C@H](O[C@H]5O[C@H](CO)[C@H](O)[C@H](O)[C@H]5O)[C@H]4NC(C)=O)[C@H]3O[C@@H]3O[C@@H](C)[C@@H](O)[C@@H](O)[C@@H]3O)[C@H]2O[C@@H]2O[C@@H](C)[C@@H](O)[C@@H](O)[C@@H]2O)[C@@H](O)[C@@H](CO[C@]2(C(=O)O)C[C@H](O)[C@@H](NC(=O)CO)[C@H]([C@H](O)[C@H](O)CO)O2)O[C@@H]1O. The number of nitrogens with one attached hydrogen (secondary N) is 4. The summed E-state index contributed by atoms with van der Waals surface area (Å²) >= 11 is 0. The van der Waals surface area contributed by atoms with E-state index in [9.17, 15) is 157 Å². The molecule has 30 N–H and O–H groups in total. The summed E-state index contributed by atoms with van der Waals surface area (Å²) < 4.78 is 103. The Hall–Kier alpha value is -4.33. The average molecular weight is 1710 g/mol. The van der Waals surface area contributed by atoms with Gasteiger partial charge in [0.15, 0.2) is 50.3 Å². The Balaban J connectivity index is 1.19. The molecule has 9 heterocycles. The molecule has 0 aromatic heterocycles. The number of carboxylic acids is 1. The minimum atomic E-state index is -3.27. The fourth-order valence-electron chi connectivity index (χ4n) is 14.9. The molecule has 9 fully saturated rings. The van der Waals surface area contributed by atoms with Crippen molar-refractivity contribution in [2.75, 3.05) is 52.9 Å². The summed E-state index contributed by atoms with van der Waals surface area (Å²) in [5.41, 5.74) is 0. The number of aliphatic carboxylic acids is 1. The molecule has 46 atom stereocenters. The van der Waals surface area contributed by atoms with Gasteiger partial charge < -0.3 is 235 Å². The van der Waals surface area contributed by atoms with Crippen molar-refractivity contribution in [2.45, 2.75) is 323 Å². The Bertz CT molecular complexity index is 3190. The Morgan fingerprint density at radius 3 is 1.26 bits per heavy atom. The first-order valence-corrected chi connectivity index (χ1v) is 37.1. The molecule has 0 radical (unpaired) electrons. The number of amides is 4. The van der Waals surface area contributed by atoms with Crippen LogP contribution in [0.4, 0.5) is 0 Å². The van der Waals surface area contributed by atoms with Crippen LogP contribution in [0.15, 0.2) is 0 Å². The summed E-state index contributed by atoms with van der Waals surface area (Å²) in [5, 5.41) is 299. The zero-order chi connectivity index (χ0) is 86.6.